The number of nitrogens with zero attached hydrogens (tertiary/aromatic N) is 3. The molecule has 0 aliphatic heterocycles. The van der Waals surface area contributed by atoms with Crippen molar-refractivity contribution in [3.8, 4) is 0 Å². The van der Waals surface area contributed by atoms with Crippen LogP contribution in [0.1, 0.15) is 17.4 Å². The molecule has 2 rings (SSSR count). The predicted octanol–water partition coefficient (Wildman–Crippen LogP) is 3.03. The molecule has 0 bridgehead atoms. The SMILES string of the molecule is Cn1nnc(Br)c1C(O)c1cc(Br)ccc1I. The second-order valence-electron chi connectivity index (χ2n) is 3.46. The van der Waals surface area contributed by atoms with Crippen molar-refractivity contribution < 1.29 is 5.11 Å². The van der Waals surface area contributed by atoms with Gasteiger partial charge >= 0.3 is 0 Å². The molecule has 0 aliphatic rings. The van der Waals surface area contributed by atoms with Gasteiger partial charge in [0, 0.05) is 20.7 Å². The molecular weight excluding hydrogens is 465 g/mol. The highest BCUT2D eigenvalue weighted by Crippen LogP contribution is 2.31. The first-order valence-electron chi connectivity index (χ1n) is 4.68. The van der Waals surface area contributed by atoms with Gasteiger partial charge in [-0.15, -0.1) is 5.10 Å². The van der Waals surface area contributed by atoms with Crippen molar-refractivity contribution >= 4 is 54.5 Å². The van der Waals surface area contributed by atoms with E-state index >= 15 is 0 Å². The fourth-order valence-corrected chi connectivity index (χ4v) is 3.05. The first kappa shape index (κ1) is 13.4. The van der Waals surface area contributed by atoms with Gasteiger partial charge in [-0.25, -0.2) is 4.68 Å². The van der Waals surface area contributed by atoms with Crippen molar-refractivity contribution in [2.45, 2.75) is 6.10 Å². The molecule has 0 amide bonds. The van der Waals surface area contributed by atoms with Gasteiger partial charge in [-0.05, 0) is 56.7 Å². The standard InChI is InChI=1S/C10H8Br2IN3O/c1-16-8(10(12)14-15-16)9(17)6-4-5(11)2-3-7(6)13/h2-4,9,17H,1H3. The van der Waals surface area contributed by atoms with E-state index in [1.165, 1.54) is 0 Å². The van der Waals surface area contributed by atoms with Crippen LogP contribution < -0.4 is 0 Å². The van der Waals surface area contributed by atoms with Crippen LogP contribution >= 0.6 is 54.5 Å². The van der Waals surface area contributed by atoms with E-state index in [9.17, 15) is 5.11 Å². The minimum absolute atomic E-state index is 0.559. The Kier molecular flexibility index (Phi) is 4.22. The lowest BCUT2D eigenvalue weighted by molar-refractivity contribution is 0.208. The highest BCUT2D eigenvalue weighted by molar-refractivity contribution is 14.1. The Bertz CT molecular complexity index is 539. The van der Waals surface area contributed by atoms with Crippen molar-refractivity contribution in [3.05, 3.63) is 42.1 Å². The van der Waals surface area contributed by atoms with Crippen LogP contribution in [-0.4, -0.2) is 20.1 Å². The van der Waals surface area contributed by atoms with E-state index in [1.807, 2.05) is 18.2 Å². The van der Waals surface area contributed by atoms with Gasteiger partial charge in [0.1, 0.15) is 11.8 Å². The van der Waals surface area contributed by atoms with E-state index in [-0.39, 0.29) is 0 Å². The summed E-state index contributed by atoms with van der Waals surface area (Å²) in [5.74, 6) is 0. The molecule has 4 nitrogen and oxygen atoms in total. The maximum atomic E-state index is 10.4. The fourth-order valence-electron chi connectivity index (χ4n) is 1.50. The lowest BCUT2D eigenvalue weighted by Gasteiger charge is -2.13. The largest absolute Gasteiger partial charge is 0.382 e. The second kappa shape index (κ2) is 5.33. The summed E-state index contributed by atoms with van der Waals surface area (Å²) in [4.78, 5) is 0. The Hall–Kier alpha value is 0.01000. The molecule has 7 heteroatoms. The van der Waals surface area contributed by atoms with Crippen LogP contribution in [0, 0.1) is 3.57 Å². The molecule has 0 radical (unpaired) electrons. The zero-order chi connectivity index (χ0) is 12.6. The van der Waals surface area contributed by atoms with E-state index in [2.05, 4.69) is 64.8 Å². The fraction of sp³-hybridized carbons (Fsp3) is 0.200. The van der Waals surface area contributed by atoms with Gasteiger partial charge in [0.05, 0.1) is 0 Å². The number of aromatic nitrogens is 3. The number of aryl methyl sites for hydroxylation is 1. The van der Waals surface area contributed by atoms with Gasteiger partial charge in [0.2, 0.25) is 0 Å². The molecule has 1 aromatic carbocycles. The first-order chi connectivity index (χ1) is 8.00. The molecular formula is C10H8Br2IN3O. The van der Waals surface area contributed by atoms with Crippen LogP contribution in [0.15, 0.2) is 27.3 Å². The minimum Gasteiger partial charge on any atom is -0.382 e. The smallest absolute Gasteiger partial charge is 0.154 e. The molecule has 0 fully saturated rings. The zero-order valence-corrected chi connectivity index (χ0v) is 14.1. The Morgan fingerprint density at radius 3 is 2.71 bits per heavy atom. The maximum Gasteiger partial charge on any atom is 0.154 e. The van der Waals surface area contributed by atoms with Crippen molar-refractivity contribution in [1.82, 2.24) is 15.0 Å². The lowest BCUT2D eigenvalue weighted by Crippen LogP contribution is -2.08. The van der Waals surface area contributed by atoms with Gasteiger partial charge in [-0.2, -0.15) is 0 Å². The third-order valence-electron chi connectivity index (χ3n) is 2.34. The molecule has 1 atom stereocenters. The lowest BCUT2D eigenvalue weighted by atomic mass is 10.1. The summed E-state index contributed by atoms with van der Waals surface area (Å²) in [5.41, 5.74) is 1.46. The number of aliphatic hydroxyl groups excluding tert-OH is 1. The Labute approximate surface area is 129 Å². The highest BCUT2D eigenvalue weighted by atomic mass is 127. The third-order valence-corrected chi connectivity index (χ3v) is 4.38. The topological polar surface area (TPSA) is 50.9 Å². The summed E-state index contributed by atoms with van der Waals surface area (Å²) in [6.07, 6.45) is -0.756. The monoisotopic (exact) mass is 471 g/mol. The van der Waals surface area contributed by atoms with E-state index in [4.69, 9.17) is 0 Å². The average molecular weight is 473 g/mol. The molecule has 1 heterocycles. The summed E-state index contributed by atoms with van der Waals surface area (Å²) in [5, 5.41) is 18.1. The van der Waals surface area contributed by atoms with Crippen molar-refractivity contribution in [2.24, 2.45) is 7.05 Å². The van der Waals surface area contributed by atoms with Gasteiger partial charge in [0.15, 0.2) is 4.60 Å². The third kappa shape index (κ3) is 2.72. The summed E-state index contributed by atoms with van der Waals surface area (Å²) in [7, 11) is 1.75. The summed E-state index contributed by atoms with van der Waals surface area (Å²) >= 11 is 8.88. The predicted molar refractivity (Wildman–Crippen MR) is 79.6 cm³/mol. The van der Waals surface area contributed by atoms with Crippen LogP contribution in [0.3, 0.4) is 0 Å². The minimum atomic E-state index is -0.756. The van der Waals surface area contributed by atoms with Crippen LogP contribution in [0.5, 0.6) is 0 Å². The summed E-state index contributed by atoms with van der Waals surface area (Å²) in [6.45, 7) is 0. The normalized spacial score (nSPS) is 12.8. The van der Waals surface area contributed by atoms with Gasteiger partial charge in [-0.3, -0.25) is 0 Å². The molecule has 2 aromatic rings. The van der Waals surface area contributed by atoms with Crippen LogP contribution in [0.25, 0.3) is 0 Å². The number of benzene rings is 1. The first-order valence-corrected chi connectivity index (χ1v) is 7.35. The molecule has 17 heavy (non-hydrogen) atoms. The van der Waals surface area contributed by atoms with E-state index in [1.54, 1.807) is 11.7 Å². The molecule has 1 N–H and O–H groups in total. The van der Waals surface area contributed by atoms with E-state index in [0.29, 0.717) is 10.3 Å². The van der Waals surface area contributed by atoms with Crippen LogP contribution in [-0.2, 0) is 7.05 Å². The Balaban J connectivity index is 2.50. The summed E-state index contributed by atoms with van der Waals surface area (Å²) < 4.78 is 4.04. The quantitative estimate of drug-likeness (QED) is 0.684. The number of hydrogen-bond donors (Lipinski definition) is 1. The molecule has 0 saturated carbocycles. The summed E-state index contributed by atoms with van der Waals surface area (Å²) in [6, 6.07) is 5.78. The van der Waals surface area contributed by atoms with E-state index < -0.39 is 6.10 Å². The molecule has 90 valence electrons. The number of rotatable bonds is 2. The molecule has 0 aliphatic carbocycles. The number of aliphatic hydroxyl groups is 1. The average Bonchev–Trinajstić information content (AvgIpc) is 2.61. The van der Waals surface area contributed by atoms with Gasteiger partial charge in [-0.1, -0.05) is 21.1 Å². The molecule has 0 saturated heterocycles. The molecule has 1 aromatic heterocycles. The zero-order valence-electron chi connectivity index (χ0n) is 8.73. The van der Waals surface area contributed by atoms with Crippen molar-refractivity contribution in [3.63, 3.8) is 0 Å². The highest BCUT2D eigenvalue weighted by Gasteiger charge is 2.21. The second-order valence-corrected chi connectivity index (χ2v) is 6.29. The number of hydrogen-bond acceptors (Lipinski definition) is 3. The Morgan fingerprint density at radius 1 is 1.41 bits per heavy atom. The number of halogens is 3. The van der Waals surface area contributed by atoms with Gasteiger partial charge < -0.3 is 5.11 Å². The maximum absolute atomic E-state index is 10.4. The van der Waals surface area contributed by atoms with Crippen LogP contribution in [0.2, 0.25) is 0 Å². The van der Waals surface area contributed by atoms with Gasteiger partial charge in [0.25, 0.3) is 0 Å². The molecule has 1 unspecified atom stereocenters. The van der Waals surface area contributed by atoms with Crippen molar-refractivity contribution in [2.75, 3.05) is 0 Å². The van der Waals surface area contributed by atoms with Crippen molar-refractivity contribution in [1.29, 1.82) is 0 Å². The molecule has 0 spiro atoms. The Morgan fingerprint density at radius 2 is 2.12 bits per heavy atom. The van der Waals surface area contributed by atoms with E-state index in [0.717, 1.165) is 13.6 Å². The van der Waals surface area contributed by atoms with Crippen LogP contribution in [0.4, 0.5) is 0 Å².